The summed E-state index contributed by atoms with van der Waals surface area (Å²) in [6.45, 7) is 6.77. The Morgan fingerprint density at radius 2 is 1.96 bits per heavy atom. The number of rotatable bonds is 9. The SMILES string of the molecule is COCCOCCNCc1c(C)nn(-c2ccc(F)cc2F)c1C. The quantitative estimate of drug-likeness (QED) is 0.713. The van der Waals surface area contributed by atoms with Crippen LogP contribution in [0.4, 0.5) is 8.78 Å². The molecule has 7 heteroatoms. The second-order valence-corrected chi connectivity index (χ2v) is 5.44. The van der Waals surface area contributed by atoms with E-state index in [-0.39, 0.29) is 5.69 Å². The smallest absolute Gasteiger partial charge is 0.151 e. The highest BCUT2D eigenvalue weighted by Crippen LogP contribution is 2.20. The van der Waals surface area contributed by atoms with Crippen LogP contribution in [-0.2, 0) is 16.0 Å². The fourth-order valence-corrected chi connectivity index (χ4v) is 2.42. The molecule has 1 aromatic carbocycles. The molecular weight excluding hydrogens is 316 g/mol. The molecule has 2 rings (SSSR count). The molecule has 1 aromatic heterocycles. The highest BCUT2D eigenvalue weighted by atomic mass is 19.1. The number of nitrogens with one attached hydrogen (secondary N) is 1. The lowest BCUT2D eigenvalue weighted by atomic mass is 10.2. The van der Waals surface area contributed by atoms with Gasteiger partial charge in [-0.25, -0.2) is 13.5 Å². The van der Waals surface area contributed by atoms with E-state index in [0.29, 0.717) is 32.9 Å². The minimum atomic E-state index is -0.633. The van der Waals surface area contributed by atoms with Crippen molar-refractivity contribution in [2.24, 2.45) is 0 Å². The van der Waals surface area contributed by atoms with Gasteiger partial charge in [-0.05, 0) is 26.0 Å². The minimum absolute atomic E-state index is 0.242. The molecule has 0 unspecified atom stereocenters. The summed E-state index contributed by atoms with van der Waals surface area (Å²) in [6, 6.07) is 3.48. The Bertz CT molecular complexity index is 674. The predicted octanol–water partition coefficient (Wildman–Crippen LogP) is 2.52. The molecule has 0 aliphatic carbocycles. The monoisotopic (exact) mass is 339 g/mol. The van der Waals surface area contributed by atoms with Crippen LogP contribution in [0.3, 0.4) is 0 Å². The number of hydrogen-bond acceptors (Lipinski definition) is 4. The lowest BCUT2D eigenvalue weighted by Gasteiger charge is -2.08. The molecule has 2 aromatic rings. The molecule has 0 fully saturated rings. The number of nitrogens with zero attached hydrogens (tertiary/aromatic N) is 2. The van der Waals surface area contributed by atoms with Crippen LogP contribution >= 0.6 is 0 Å². The summed E-state index contributed by atoms with van der Waals surface area (Å²) in [7, 11) is 1.63. The third-order valence-corrected chi connectivity index (χ3v) is 3.74. The van der Waals surface area contributed by atoms with Gasteiger partial charge in [-0.2, -0.15) is 5.10 Å². The first-order valence-electron chi connectivity index (χ1n) is 7.82. The highest BCUT2D eigenvalue weighted by Gasteiger charge is 2.15. The number of hydrogen-bond donors (Lipinski definition) is 1. The molecule has 0 amide bonds. The van der Waals surface area contributed by atoms with Crippen molar-refractivity contribution in [2.75, 3.05) is 33.5 Å². The van der Waals surface area contributed by atoms with E-state index >= 15 is 0 Å². The number of ether oxygens (including phenoxy) is 2. The van der Waals surface area contributed by atoms with Crippen LogP contribution in [0.2, 0.25) is 0 Å². The van der Waals surface area contributed by atoms with Crippen molar-refractivity contribution in [1.29, 1.82) is 0 Å². The van der Waals surface area contributed by atoms with Crippen molar-refractivity contribution in [3.63, 3.8) is 0 Å². The Morgan fingerprint density at radius 3 is 2.67 bits per heavy atom. The fourth-order valence-electron chi connectivity index (χ4n) is 2.42. The van der Waals surface area contributed by atoms with Crippen LogP contribution in [-0.4, -0.2) is 43.3 Å². The van der Waals surface area contributed by atoms with E-state index in [1.54, 1.807) is 7.11 Å². The lowest BCUT2D eigenvalue weighted by Crippen LogP contribution is -2.20. The number of aromatic nitrogens is 2. The van der Waals surface area contributed by atoms with E-state index in [1.807, 2.05) is 13.8 Å². The Morgan fingerprint density at radius 1 is 1.17 bits per heavy atom. The first-order chi connectivity index (χ1) is 11.5. The van der Waals surface area contributed by atoms with Gasteiger partial charge in [0.05, 0.1) is 25.5 Å². The molecule has 0 saturated carbocycles. The average molecular weight is 339 g/mol. The van der Waals surface area contributed by atoms with Gasteiger partial charge in [0.15, 0.2) is 5.82 Å². The maximum absolute atomic E-state index is 14.0. The number of methoxy groups -OCH3 is 1. The van der Waals surface area contributed by atoms with Gasteiger partial charge in [0.1, 0.15) is 11.5 Å². The molecule has 0 atom stereocenters. The molecule has 5 nitrogen and oxygen atoms in total. The molecule has 0 aliphatic rings. The van der Waals surface area contributed by atoms with Gasteiger partial charge in [0.2, 0.25) is 0 Å². The van der Waals surface area contributed by atoms with Crippen molar-refractivity contribution >= 4 is 0 Å². The molecular formula is C17H23F2N3O2. The zero-order valence-corrected chi connectivity index (χ0v) is 14.2. The molecule has 0 bridgehead atoms. The Hall–Kier alpha value is -1.83. The summed E-state index contributed by atoms with van der Waals surface area (Å²) >= 11 is 0. The summed E-state index contributed by atoms with van der Waals surface area (Å²) in [6.07, 6.45) is 0. The maximum Gasteiger partial charge on any atom is 0.151 e. The van der Waals surface area contributed by atoms with E-state index in [4.69, 9.17) is 9.47 Å². The van der Waals surface area contributed by atoms with Gasteiger partial charge in [-0.3, -0.25) is 0 Å². The zero-order valence-electron chi connectivity index (χ0n) is 14.2. The van der Waals surface area contributed by atoms with Gasteiger partial charge in [-0.15, -0.1) is 0 Å². The number of benzene rings is 1. The molecule has 0 saturated heterocycles. The van der Waals surface area contributed by atoms with E-state index in [0.717, 1.165) is 23.0 Å². The van der Waals surface area contributed by atoms with Crippen molar-refractivity contribution < 1.29 is 18.3 Å². The van der Waals surface area contributed by atoms with Gasteiger partial charge >= 0.3 is 0 Å². The highest BCUT2D eigenvalue weighted by molar-refractivity contribution is 5.38. The second kappa shape index (κ2) is 8.86. The molecule has 0 radical (unpaired) electrons. The van der Waals surface area contributed by atoms with E-state index in [2.05, 4.69) is 10.4 Å². The lowest BCUT2D eigenvalue weighted by molar-refractivity contribution is 0.0719. The predicted molar refractivity (Wildman–Crippen MR) is 87.4 cm³/mol. The largest absolute Gasteiger partial charge is 0.382 e. The van der Waals surface area contributed by atoms with Crippen LogP contribution in [0.15, 0.2) is 18.2 Å². The van der Waals surface area contributed by atoms with E-state index in [1.165, 1.54) is 16.8 Å². The summed E-state index contributed by atoms with van der Waals surface area (Å²) in [5.74, 6) is -1.24. The Labute approximate surface area is 140 Å². The zero-order chi connectivity index (χ0) is 17.5. The number of halogens is 2. The van der Waals surface area contributed by atoms with Gasteiger partial charge < -0.3 is 14.8 Å². The normalized spacial score (nSPS) is 11.2. The molecule has 0 aliphatic heterocycles. The minimum Gasteiger partial charge on any atom is -0.382 e. The summed E-state index contributed by atoms with van der Waals surface area (Å²) < 4.78 is 38.8. The van der Waals surface area contributed by atoms with E-state index in [9.17, 15) is 8.78 Å². The standard InChI is InChI=1S/C17H23F2N3O2/c1-12-15(11-20-6-7-24-9-8-23-3)13(2)22(21-12)17-5-4-14(18)10-16(17)19/h4-5,10,20H,6-9,11H2,1-3H3. The fraction of sp³-hybridized carbons (Fsp3) is 0.471. The van der Waals surface area contributed by atoms with Crippen LogP contribution in [0, 0.1) is 25.5 Å². The van der Waals surface area contributed by atoms with Gasteiger partial charge in [-0.1, -0.05) is 0 Å². The van der Waals surface area contributed by atoms with Crippen molar-refractivity contribution in [3.8, 4) is 5.69 Å². The average Bonchev–Trinajstić information content (AvgIpc) is 2.81. The first-order valence-corrected chi connectivity index (χ1v) is 7.82. The van der Waals surface area contributed by atoms with Gasteiger partial charge in [0, 0.05) is 37.5 Å². The van der Waals surface area contributed by atoms with Crippen molar-refractivity contribution in [1.82, 2.24) is 15.1 Å². The van der Waals surface area contributed by atoms with Crippen molar-refractivity contribution in [2.45, 2.75) is 20.4 Å². The first kappa shape index (κ1) is 18.5. The topological polar surface area (TPSA) is 48.3 Å². The molecule has 1 N–H and O–H groups in total. The molecule has 0 spiro atoms. The Kier molecular flexibility index (Phi) is 6.84. The van der Waals surface area contributed by atoms with Gasteiger partial charge in [0.25, 0.3) is 0 Å². The summed E-state index contributed by atoms with van der Waals surface area (Å²) in [4.78, 5) is 0. The van der Waals surface area contributed by atoms with Crippen molar-refractivity contribution in [3.05, 3.63) is 46.8 Å². The molecule has 24 heavy (non-hydrogen) atoms. The maximum atomic E-state index is 14.0. The van der Waals surface area contributed by atoms with Crippen LogP contribution < -0.4 is 5.32 Å². The summed E-state index contributed by atoms with van der Waals surface area (Å²) in [5.41, 5.74) is 2.87. The van der Waals surface area contributed by atoms with Crippen LogP contribution in [0.25, 0.3) is 5.69 Å². The third-order valence-electron chi connectivity index (χ3n) is 3.74. The Balaban J connectivity index is 1.99. The van der Waals surface area contributed by atoms with E-state index < -0.39 is 11.6 Å². The molecule has 132 valence electrons. The third kappa shape index (κ3) is 4.59. The summed E-state index contributed by atoms with van der Waals surface area (Å²) in [5, 5.41) is 7.65. The second-order valence-electron chi connectivity index (χ2n) is 5.44. The van der Waals surface area contributed by atoms with Crippen LogP contribution in [0.5, 0.6) is 0 Å². The van der Waals surface area contributed by atoms with Crippen LogP contribution in [0.1, 0.15) is 17.0 Å². The molecule has 1 heterocycles. The number of aryl methyl sites for hydroxylation is 1.